The summed E-state index contributed by atoms with van der Waals surface area (Å²) in [6.07, 6.45) is 4.32. The molecule has 10 heteroatoms. The smallest absolute Gasteiger partial charge is 0.321 e. The summed E-state index contributed by atoms with van der Waals surface area (Å²) in [5, 5.41) is 3.50. The van der Waals surface area contributed by atoms with E-state index in [4.69, 9.17) is 4.74 Å². The second-order valence-corrected chi connectivity index (χ2v) is 10.4. The lowest BCUT2D eigenvalue weighted by atomic mass is 9.99. The highest BCUT2D eigenvalue weighted by Gasteiger charge is 2.29. The van der Waals surface area contributed by atoms with Crippen LogP contribution in [0.3, 0.4) is 0 Å². The number of nitrogens with zero attached hydrogens (tertiary/aromatic N) is 4. The van der Waals surface area contributed by atoms with E-state index in [1.165, 1.54) is 11.0 Å². The number of carbonyl (C=O) groups excluding carboxylic acids is 2. The van der Waals surface area contributed by atoms with E-state index in [0.717, 1.165) is 22.9 Å². The number of anilines is 1. The van der Waals surface area contributed by atoms with Crippen molar-refractivity contribution >= 4 is 28.7 Å². The molecule has 40 heavy (non-hydrogen) atoms. The molecule has 1 aliphatic heterocycles. The van der Waals surface area contributed by atoms with Crippen LogP contribution < -0.4 is 10.1 Å². The molecule has 3 amide bonds. The molecule has 9 nitrogen and oxygen atoms in total. The predicted molar refractivity (Wildman–Crippen MR) is 154 cm³/mol. The molecule has 0 aliphatic carbocycles. The minimum Gasteiger partial charge on any atom is -0.496 e. The number of fused-ring (bicyclic) bond motifs is 1. The first kappa shape index (κ1) is 27.1. The Bertz CT molecular complexity index is 1580. The molecule has 1 saturated heterocycles. The summed E-state index contributed by atoms with van der Waals surface area (Å²) in [6.45, 7) is 1.09. The molecule has 2 aromatic carbocycles. The molecule has 0 spiro atoms. The van der Waals surface area contributed by atoms with Gasteiger partial charge in [-0.3, -0.25) is 4.79 Å². The van der Waals surface area contributed by atoms with E-state index < -0.39 is 17.8 Å². The van der Waals surface area contributed by atoms with Gasteiger partial charge in [0.1, 0.15) is 17.2 Å². The third-order valence-electron chi connectivity index (χ3n) is 7.40. The van der Waals surface area contributed by atoms with Crippen molar-refractivity contribution in [2.75, 3.05) is 53.7 Å². The number of urea groups is 1. The van der Waals surface area contributed by atoms with Crippen LogP contribution >= 0.6 is 0 Å². The minimum absolute atomic E-state index is 0.0656. The Morgan fingerprint density at radius 1 is 1.10 bits per heavy atom. The first-order valence-corrected chi connectivity index (χ1v) is 13.1. The monoisotopic (exact) mass is 544 g/mol. The number of likely N-dealkylation sites (N-methyl/N-ethyl adjacent to an activating group) is 1. The first-order valence-electron chi connectivity index (χ1n) is 13.1. The number of nitrogens with one attached hydrogen (secondary N) is 2. The van der Waals surface area contributed by atoms with Crippen LogP contribution in [0.1, 0.15) is 16.8 Å². The zero-order valence-corrected chi connectivity index (χ0v) is 23.3. The second kappa shape index (κ2) is 11.0. The molecular weight excluding hydrogens is 511 g/mol. The highest BCUT2D eigenvalue weighted by atomic mass is 19.1. The Morgan fingerprint density at radius 3 is 2.58 bits per heavy atom. The average Bonchev–Trinajstić information content (AvgIpc) is 3.61. The highest BCUT2D eigenvalue weighted by molar-refractivity contribution is 6.05. The van der Waals surface area contributed by atoms with Crippen LogP contribution in [0, 0.1) is 5.82 Å². The van der Waals surface area contributed by atoms with Crippen molar-refractivity contribution in [2.24, 2.45) is 0 Å². The Labute approximate surface area is 232 Å². The van der Waals surface area contributed by atoms with Crippen molar-refractivity contribution in [3.8, 4) is 28.0 Å². The summed E-state index contributed by atoms with van der Waals surface area (Å²) in [5.41, 5.74) is 3.47. The summed E-state index contributed by atoms with van der Waals surface area (Å²) >= 11 is 0. The van der Waals surface area contributed by atoms with Crippen LogP contribution in [0.5, 0.6) is 5.75 Å². The van der Waals surface area contributed by atoms with Crippen LogP contribution in [0.15, 0.2) is 54.9 Å². The lowest BCUT2D eigenvalue weighted by Gasteiger charge is -2.22. The molecule has 208 valence electrons. The van der Waals surface area contributed by atoms with Gasteiger partial charge in [0.25, 0.3) is 5.91 Å². The van der Waals surface area contributed by atoms with E-state index in [1.54, 1.807) is 38.4 Å². The van der Waals surface area contributed by atoms with Gasteiger partial charge < -0.3 is 29.7 Å². The number of hydrogen-bond acceptors (Lipinski definition) is 5. The number of methoxy groups -OCH3 is 1. The summed E-state index contributed by atoms with van der Waals surface area (Å²) in [6, 6.07) is 12.3. The van der Waals surface area contributed by atoms with Gasteiger partial charge in [-0.15, -0.1) is 0 Å². The number of likely N-dealkylation sites (tertiary alicyclic amines) is 1. The molecule has 1 aliphatic rings. The van der Waals surface area contributed by atoms with Crippen molar-refractivity contribution in [3.63, 3.8) is 0 Å². The van der Waals surface area contributed by atoms with Crippen molar-refractivity contribution < 1.29 is 18.7 Å². The average molecular weight is 545 g/mol. The molecule has 0 unspecified atom stereocenters. The van der Waals surface area contributed by atoms with E-state index in [9.17, 15) is 9.59 Å². The predicted octanol–water partition coefficient (Wildman–Crippen LogP) is 4.91. The minimum atomic E-state index is -0.696. The number of ether oxygens (including phenoxy) is 1. The summed E-state index contributed by atoms with van der Waals surface area (Å²) in [4.78, 5) is 39.0. The summed E-state index contributed by atoms with van der Waals surface area (Å²) in [7, 11) is 8.74. The highest BCUT2D eigenvalue weighted by Crippen LogP contribution is 2.37. The van der Waals surface area contributed by atoms with E-state index in [0.29, 0.717) is 35.6 Å². The molecule has 1 atom stereocenters. The maximum Gasteiger partial charge on any atom is 0.321 e. The fraction of sp³-hybridized carbons (Fsp3) is 0.300. The lowest BCUT2D eigenvalue weighted by molar-refractivity contribution is 0.0828. The molecule has 2 N–H and O–H groups in total. The maximum atomic E-state index is 15.7. The number of halogens is 1. The van der Waals surface area contributed by atoms with Crippen LogP contribution in [-0.2, 0) is 0 Å². The van der Waals surface area contributed by atoms with Crippen molar-refractivity contribution in [3.05, 3.63) is 66.2 Å². The van der Waals surface area contributed by atoms with E-state index in [-0.39, 0.29) is 17.3 Å². The number of rotatable bonds is 6. The number of H-pyrrole nitrogens is 1. The molecule has 0 radical (unpaired) electrons. The number of hydrogen-bond donors (Lipinski definition) is 2. The standard InChI is InChI=1S/C30H33FN6O3/c1-35(2)20-10-11-37(17-20)30(39)34-27-23(29(38)36(3)4)12-18(14-25(27)31)19-13-22-24(16-33-28(22)32-15-19)21-8-6-7-9-26(21)40-5/h6-9,12-16,20H,10-11,17H2,1-5H3,(H,32,33)(H,34,39)/t20-/m1/s1. The van der Waals surface area contributed by atoms with Gasteiger partial charge >= 0.3 is 6.03 Å². The third-order valence-corrected chi connectivity index (χ3v) is 7.40. The Hall–Kier alpha value is -4.44. The van der Waals surface area contributed by atoms with Gasteiger partial charge in [-0.05, 0) is 50.3 Å². The van der Waals surface area contributed by atoms with Crippen molar-refractivity contribution in [1.29, 1.82) is 0 Å². The molecule has 2 aromatic heterocycles. The summed E-state index contributed by atoms with van der Waals surface area (Å²) in [5.74, 6) is -0.402. The number of aromatic amines is 1. The number of para-hydroxylation sites is 1. The van der Waals surface area contributed by atoms with E-state index in [1.807, 2.05) is 50.6 Å². The number of carbonyl (C=O) groups is 2. The Kier molecular flexibility index (Phi) is 7.44. The normalized spacial score (nSPS) is 15.1. The van der Waals surface area contributed by atoms with Crippen molar-refractivity contribution in [2.45, 2.75) is 12.5 Å². The molecule has 3 heterocycles. The molecule has 1 fully saturated rings. The van der Waals surface area contributed by atoms with Gasteiger partial charge in [0, 0.05) is 67.7 Å². The first-order chi connectivity index (χ1) is 19.2. The number of benzene rings is 2. The second-order valence-electron chi connectivity index (χ2n) is 10.4. The molecule has 5 rings (SSSR count). The van der Waals surface area contributed by atoms with E-state index >= 15 is 4.39 Å². The van der Waals surface area contributed by atoms with Crippen molar-refractivity contribution in [1.82, 2.24) is 24.7 Å². The van der Waals surface area contributed by atoms with Gasteiger partial charge in [-0.25, -0.2) is 14.2 Å². The number of aromatic nitrogens is 2. The van der Waals surface area contributed by atoms with Gasteiger partial charge in [0.15, 0.2) is 0 Å². The van der Waals surface area contributed by atoms with Gasteiger partial charge in [0.05, 0.1) is 18.4 Å². The van der Waals surface area contributed by atoms with Crippen LogP contribution in [0.2, 0.25) is 0 Å². The largest absolute Gasteiger partial charge is 0.496 e. The SMILES string of the molecule is COc1ccccc1-c1c[nH]c2ncc(-c3cc(F)c(NC(=O)N4CC[C@@H](N(C)C)C4)c(C(=O)N(C)C)c3)cc12. The topological polar surface area (TPSA) is 93.8 Å². The molecule has 4 aromatic rings. The zero-order valence-electron chi connectivity index (χ0n) is 23.3. The van der Waals surface area contributed by atoms with E-state index in [2.05, 4.69) is 20.2 Å². The number of pyridine rings is 1. The lowest BCUT2D eigenvalue weighted by Crippen LogP contribution is -2.37. The van der Waals surface area contributed by atoms with Crippen LogP contribution in [0.4, 0.5) is 14.9 Å². The fourth-order valence-electron chi connectivity index (χ4n) is 5.09. The maximum absolute atomic E-state index is 15.7. The Morgan fingerprint density at radius 2 is 1.88 bits per heavy atom. The quantitative estimate of drug-likeness (QED) is 0.360. The summed E-state index contributed by atoms with van der Waals surface area (Å²) < 4.78 is 21.3. The molecular formula is C30H33FN6O3. The number of amides is 3. The van der Waals surface area contributed by atoms with Gasteiger partial charge in [0.2, 0.25) is 0 Å². The zero-order chi connectivity index (χ0) is 28.6. The third kappa shape index (κ3) is 5.10. The molecule has 0 saturated carbocycles. The Balaban J connectivity index is 1.54. The fourth-order valence-corrected chi connectivity index (χ4v) is 5.09. The van der Waals surface area contributed by atoms with Crippen LogP contribution in [-0.4, -0.2) is 91.0 Å². The molecule has 0 bridgehead atoms. The van der Waals surface area contributed by atoms with Gasteiger partial charge in [-0.1, -0.05) is 18.2 Å². The van der Waals surface area contributed by atoms with Crippen LogP contribution in [0.25, 0.3) is 33.3 Å². The van der Waals surface area contributed by atoms with Gasteiger partial charge in [-0.2, -0.15) is 0 Å².